The van der Waals surface area contributed by atoms with Crippen LogP contribution < -0.4 is 0 Å². The lowest BCUT2D eigenvalue weighted by Crippen LogP contribution is -2.03. The summed E-state index contributed by atoms with van der Waals surface area (Å²) in [5, 5.41) is 0. The molecular formula is C28H36N2. The van der Waals surface area contributed by atoms with Crippen LogP contribution in [0, 0.1) is 0 Å². The predicted octanol–water partition coefficient (Wildman–Crippen LogP) is 8.36. The first kappa shape index (κ1) is 22.2. The summed E-state index contributed by atoms with van der Waals surface area (Å²) in [7, 11) is 0. The minimum Gasteiger partial charge on any atom is -0.493 e. The molecule has 0 amide bonds. The Bertz CT molecular complexity index is 933. The molecule has 0 unspecified atom stereocenters. The van der Waals surface area contributed by atoms with Crippen LogP contribution in [0.5, 0.6) is 0 Å². The smallest absolute Gasteiger partial charge is 0.210 e. The van der Waals surface area contributed by atoms with E-state index >= 15 is 0 Å². The Morgan fingerprint density at radius 1 is 0.733 bits per heavy atom. The molecule has 0 N–H and O–H groups in total. The number of nitrogens with zero attached hydrogens (tertiary/aromatic N) is 2. The van der Waals surface area contributed by atoms with Gasteiger partial charge in [-0.25, -0.2) is 4.70 Å². The second-order valence-electron chi connectivity index (χ2n) is 8.38. The molecule has 0 saturated carbocycles. The minimum absolute atomic E-state index is 0.897. The first-order valence-corrected chi connectivity index (χ1v) is 11.8. The zero-order chi connectivity index (χ0) is 21.3. The second kappa shape index (κ2) is 11.1. The van der Waals surface area contributed by atoms with Crippen LogP contribution in [0.4, 0.5) is 0 Å². The number of rotatable bonds is 11. The van der Waals surface area contributed by atoms with E-state index < -0.39 is 0 Å². The van der Waals surface area contributed by atoms with Gasteiger partial charge in [-0.05, 0) is 67.5 Å². The highest BCUT2D eigenvalue weighted by molar-refractivity contribution is 5.78. The fourth-order valence-electron chi connectivity index (χ4n) is 4.20. The Kier molecular flexibility index (Phi) is 8.19. The van der Waals surface area contributed by atoms with Crippen LogP contribution in [0.2, 0.25) is 0 Å². The SMILES string of the molecule is CCCCCCc1cccc(C2=CC(CCCC)=C(c3cccc(CC)c3)[N+]2=[N-])c1. The monoisotopic (exact) mass is 400 g/mol. The third-order valence-electron chi connectivity index (χ3n) is 6.01. The van der Waals surface area contributed by atoms with Gasteiger partial charge < -0.3 is 5.53 Å². The van der Waals surface area contributed by atoms with Gasteiger partial charge >= 0.3 is 0 Å². The fraction of sp³-hybridized carbons (Fsp3) is 0.429. The molecule has 0 spiro atoms. The zero-order valence-corrected chi connectivity index (χ0v) is 19.0. The summed E-state index contributed by atoms with van der Waals surface area (Å²) in [6.07, 6.45) is 12.6. The number of aryl methyl sites for hydroxylation is 2. The summed E-state index contributed by atoms with van der Waals surface area (Å²) in [4.78, 5) is 0. The highest BCUT2D eigenvalue weighted by atomic mass is 15.2. The maximum atomic E-state index is 11.2. The molecule has 2 heteroatoms. The third kappa shape index (κ3) is 5.36. The molecule has 0 bridgehead atoms. The van der Waals surface area contributed by atoms with Gasteiger partial charge in [0, 0.05) is 22.8 Å². The highest BCUT2D eigenvalue weighted by Gasteiger charge is 2.28. The van der Waals surface area contributed by atoms with Crippen LogP contribution in [-0.2, 0) is 12.8 Å². The maximum absolute atomic E-state index is 11.2. The van der Waals surface area contributed by atoms with Crippen molar-refractivity contribution in [3.8, 4) is 0 Å². The maximum Gasteiger partial charge on any atom is 0.210 e. The predicted molar refractivity (Wildman–Crippen MR) is 128 cm³/mol. The number of benzene rings is 2. The highest BCUT2D eigenvalue weighted by Crippen LogP contribution is 2.37. The summed E-state index contributed by atoms with van der Waals surface area (Å²) in [5.41, 5.74) is 19.2. The topological polar surface area (TPSA) is 25.3 Å². The van der Waals surface area contributed by atoms with Gasteiger partial charge in [-0.15, -0.1) is 0 Å². The van der Waals surface area contributed by atoms with E-state index in [1.54, 1.807) is 0 Å². The lowest BCUT2D eigenvalue weighted by atomic mass is 10.0. The van der Waals surface area contributed by atoms with E-state index in [0.29, 0.717) is 0 Å². The number of allylic oxidation sites excluding steroid dienone is 2. The summed E-state index contributed by atoms with van der Waals surface area (Å²) < 4.78 is 1.43. The molecule has 0 saturated heterocycles. The van der Waals surface area contributed by atoms with Crippen molar-refractivity contribution in [1.82, 2.24) is 0 Å². The third-order valence-corrected chi connectivity index (χ3v) is 6.01. The van der Waals surface area contributed by atoms with E-state index in [2.05, 4.69) is 75.4 Å². The van der Waals surface area contributed by atoms with Gasteiger partial charge in [0.05, 0.1) is 0 Å². The van der Waals surface area contributed by atoms with Crippen molar-refractivity contribution in [3.63, 3.8) is 0 Å². The molecule has 0 aromatic heterocycles. The molecule has 0 aliphatic carbocycles. The van der Waals surface area contributed by atoms with Gasteiger partial charge in [0.1, 0.15) is 0 Å². The Morgan fingerprint density at radius 2 is 1.43 bits per heavy atom. The van der Waals surface area contributed by atoms with Crippen molar-refractivity contribution in [1.29, 1.82) is 0 Å². The zero-order valence-electron chi connectivity index (χ0n) is 19.0. The lowest BCUT2D eigenvalue weighted by Gasteiger charge is -2.11. The lowest BCUT2D eigenvalue weighted by molar-refractivity contribution is -0.344. The Labute approximate surface area is 182 Å². The van der Waals surface area contributed by atoms with Crippen molar-refractivity contribution >= 4 is 11.4 Å². The number of hydrogen-bond acceptors (Lipinski definition) is 0. The standard InChI is InChI=1S/C28H36N2/c1-4-7-9-10-13-23-15-12-17-24(20-23)27-21-26(16-8-5-2)28(30(27)29)25-18-11-14-22(6-3)19-25/h11-12,14-15,17-21H,4-10,13,16H2,1-3H3. The molecule has 1 aliphatic rings. The molecule has 158 valence electrons. The van der Waals surface area contributed by atoms with Gasteiger partial charge in [-0.1, -0.05) is 70.7 Å². The van der Waals surface area contributed by atoms with E-state index in [4.69, 9.17) is 0 Å². The van der Waals surface area contributed by atoms with E-state index in [1.165, 1.54) is 47.1 Å². The fourth-order valence-corrected chi connectivity index (χ4v) is 4.20. The van der Waals surface area contributed by atoms with Gasteiger partial charge in [0.15, 0.2) is 0 Å². The molecule has 0 radical (unpaired) electrons. The Balaban J connectivity index is 1.88. The van der Waals surface area contributed by atoms with E-state index in [-0.39, 0.29) is 0 Å². The molecule has 2 aromatic carbocycles. The van der Waals surface area contributed by atoms with Crippen LogP contribution in [-0.4, -0.2) is 4.70 Å². The molecular weight excluding hydrogens is 364 g/mol. The second-order valence-corrected chi connectivity index (χ2v) is 8.38. The van der Waals surface area contributed by atoms with Crippen molar-refractivity contribution in [2.75, 3.05) is 0 Å². The molecule has 0 fully saturated rings. The normalized spacial score (nSPS) is 13.8. The van der Waals surface area contributed by atoms with Crippen LogP contribution in [0.15, 0.2) is 60.2 Å². The van der Waals surface area contributed by atoms with Crippen LogP contribution >= 0.6 is 0 Å². The molecule has 0 atom stereocenters. The molecule has 1 heterocycles. The summed E-state index contributed by atoms with van der Waals surface area (Å²) in [6.45, 7) is 6.64. The molecule has 2 nitrogen and oxygen atoms in total. The average Bonchev–Trinajstić information content (AvgIpc) is 3.11. The molecule has 2 aromatic rings. The van der Waals surface area contributed by atoms with E-state index in [0.717, 1.165) is 54.6 Å². The van der Waals surface area contributed by atoms with Crippen LogP contribution in [0.1, 0.15) is 88.0 Å². The molecule has 30 heavy (non-hydrogen) atoms. The minimum atomic E-state index is 0.897. The van der Waals surface area contributed by atoms with Crippen molar-refractivity contribution in [2.45, 2.75) is 78.6 Å². The molecule has 3 rings (SSSR count). The van der Waals surface area contributed by atoms with E-state index in [9.17, 15) is 5.53 Å². The first-order valence-electron chi connectivity index (χ1n) is 11.8. The van der Waals surface area contributed by atoms with Gasteiger partial charge in [-0.2, -0.15) is 0 Å². The van der Waals surface area contributed by atoms with Crippen LogP contribution in [0.3, 0.4) is 0 Å². The number of unbranched alkanes of at least 4 members (excludes halogenated alkanes) is 4. The quantitative estimate of drug-likeness (QED) is 0.267. The van der Waals surface area contributed by atoms with Crippen molar-refractivity contribution < 1.29 is 4.70 Å². The van der Waals surface area contributed by atoms with Crippen LogP contribution in [0.25, 0.3) is 16.9 Å². The van der Waals surface area contributed by atoms with Crippen molar-refractivity contribution in [3.05, 3.63) is 88.0 Å². The van der Waals surface area contributed by atoms with Crippen molar-refractivity contribution in [2.24, 2.45) is 0 Å². The Hall–Kier alpha value is -2.48. The molecule has 1 aliphatic heterocycles. The summed E-state index contributed by atoms with van der Waals surface area (Å²) in [6, 6.07) is 17.3. The van der Waals surface area contributed by atoms with Gasteiger partial charge in [0.2, 0.25) is 11.4 Å². The Morgan fingerprint density at radius 3 is 2.17 bits per heavy atom. The van der Waals surface area contributed by atoms with Gasteiger partial charge in [0.25, 0.3) is 0 Å². The summed E-state index contributed by atoms with van der Waals surface area (Å²) >= 11 is 0. The first-order chi connectivity index (χ1) is 14.7. The number of hydrogen-bond donors (Lipinski definition) is 0. The van der Waals surface area contributed by atoms with E-state index in [1.807, 2.05) is 0 Å². The van der Waals surface area contributed by atoms with Gasteiger partial charge in [-0.3, -0.25) is 0 Å². The largest absolute Gasteiger partial charge is 0.493 e. The summed E-state index contributed by atoms with van der Waals surface area (Å²) in [5.74, 6) is 0. The average molecular weight is 401 g/mol.